The molecule has 1 aromatic carbocycles. The molecule has 2 aliphatic heterocycles. The van der Waals surface area contributed by atoms with Crippen LogP contribution in [-0.2, 0) is 17.8 Å². The van der Waals surface area contributed by atoms with E-state index in [9.17, 15) is 0 Å². The number of nitrogens with one attached hydrogen (secondary N) is 1. The maximum atomic E-state index is 5.51. The van der Waals surface area contributed by atoms with Gasteiger partial charge in [0.15, 0.2) is 11.5 Å². The van der Waals surface area contributed by atoms with Crippen molar-refractivity contribution in [2.45, 2.75) is 13.1 Å². The number of hydrogen-bond donors (Lipinski definition) is 1. The van der Waals surface area contributed by atoms with Crippen LogP contribution in [0.3, 0.4) is 0 Å². The Kier molecular flexibility index (Phi) is 5.91. The molecule has 8 heteroatoms. The van der Waals surface area contributed by atoms with E-state index in [1.165, 1.54) is 0 Å². The van der Waals surface area contributed by atoms with Crippen LogP contribution >= 0.6 is 12.4 Å². The molecule has 0 radical (unpaired) electrons. The van der Waals surface area contributed by atoms with E-state index in [2.05, 4.69) is 20.2 Å². The van der Waals surface area contributed by atoms with Gasteiger partial charge >= 0.3 is 0 Å². The Morgan fingerprint density at radius 3 is 2.64 bits per heavy atom. The molecule has 3 heterocycles. The van der Waals surface area contributed by atoms with Crippen molar-refractivity contribution in [2.24, 2.45) is 0 Å². The largest absolute Gasteiger partial charge is 0.454 e. The van der Waals surface area contributed by atoms with Crippen molar-refractivity contribution in [2.75, 3.05) is 38.0 Å². The van der Waals surface area contributed by atoms with Crippen molar-refractivity contribution >= 4 is 18.4 Å². The highest BCUT2D eigenvalue weighted by Gasteiger charge is 2.17. The number of benzene rings is 1. The minimum Gasteiger partial charge on any atom is -0.454 e. The third kappa shape index (κ3) is 4.12. The van der Waals surface area contributed by atoms with Crippen LogP contribution in [0.4, 0.5) is 5.95 Å². The zero-order chi connectivity index (χ0) is 16.2. The van der Waals surface area contributed by atoms with Gasteiger partial charge in [0, 0.05) is 49.7 Å². The first-order valence-electron chi connectivity index (χ1n) is 8.12. The molecule has 4 rings (SSSR count). The van der Waals surface area contributed by atoms with Crippen molar-refractivity contribution in [1.29, 1.82) is 0 Å². The summed E-state index contributed by atoms with van der Waals surface area (Å²) in [5, 5.41) is 3.40. The molecule has 2 aromatic rings. The van der Waals surface area contributed by atoms with Crippen molar-refractivity contribution < 1.29 is 14.2 Å². The number of para-hydroxylation sites is 1. The molecule has 134 valence electrons. The quantitative estimate of drug-likeness (QED) is 0.866. The number of halogens is 1. The van der Waals surface area contributed by atoms with Crippen molar-refractivity contribution in [3.63, 3.8) is 0 Å². The van der Waals surface area contributed by atoms with Gasteiger partial charge in [-0.25, -0.2) is 9.97 Å². The van der Waals surface area contributed by atoms with E-state index in [1.807, 2.05) is 30.6 Å². The number of morpholine rings is 1. The number of rotatable bonds is 5. The minimum atomic E-state index is 0. The summed E-state index contributed by atoms with van der Waals surface area (Å²) < 4.78 is 16.2. The maximum Gasteiger partial charge on any atom is 0.231 e. The summed E-state index contributed by atoms with van der Waals surface area (Å²) in [4.78, 5) is 11.1. The lowest BCUT2D eigenvalue weighted by Crippen LogP contribution is -2.37. The number of hydrogen-bond acceptors (Lipinski definition) is 7. The fraction of sp³-hybridized carbons (Fsp3) is 0.412. The smallest absolute Gasteiger partial charge is 0.231 e. The van der Waals surface area contributed by atoms with Gasteiger partial charge in [-0.05, 0) is 6.07 Å². The highest BCUT2D eigenvalue weighted by molar-refractivity contribution is 5.85. The van der Waals surface area contributed by atoms with Gasteiger partial charge < -0.3 is 24.4 Å². The summed E-state index contributed by atoms with van der Waals surface area (Å²) in [6, 6.07) is 5.94. The van der Waals surface area contributed by atoms with Crippen LogP contribution in [0.5, 0.6) is 11.5 Å². The fourth-order valence-corrected chi connectivity index (χ4v) is 2.84. The number of anilines is 1. The fourth-order valence-electron chi connectivity index (χ4n) is 2.84. The molecule has 0 amide bonds. The summed E-state index contributed by atoms with van der Waals surface area (Å²) in [5.41, 5.74) is 2.15. The molecule has 2 aliphatic rings. The molecule has 25 heavy (non-hydrogen) atoms. The Bertz CT molecular complexity index is 693. The number of nitrogens with zero attached hydrogens (tertiary/aromatic N) is 3. The van der Waals surface area contributed by atoms with Gasteiger partial charge in [0.1, 0.15) is 0 Å². The maximum absolute atomic E-state index is 5.51. The average molecular weight is 365 g/mol. The molecular weight excluding hydrogens is 344 g/mol. The molecule has 0 unspecified atom stereocenters. The van der Waals surface area contributed by atoms with Gasteiger partial charge in [-0.3, -0.25) is 0 Å². The second-order valence-electron chi connectivity index (χ2n) is 5.75. The van der Waals surface area contributed by atoms with Crippen molar-refractivity contribution in [3.05, 3.63) is 41.7 Å². The Morgan fingerprint density at radius 1 is 1.04 bits per heavy atom. The van der Waals surface area contributed by atoms with Crippen molar-refractivity contribution in [1.82, 2.24) is 15.3 Å². The van der Waals surface area contributed by atoms with E-state index in [1.54, 1.807) is 0 Å². The van der Waals surface area contributed by atoms with Crippen LogP contribution in [0.1, 0.15) is 11.1 Å². The number of ether oxygens (including phenoxy) is 3. The molecule has 1 fully saturated rings. The molecule has 1 N–H and O–H groups in total. The molecule has 1 saturated heterocycles. The first-order valence-corrected chi connectivity index (χ1v) is 8.12. The Labute approximate surface area is 152 Å². The van der Waals surface area contributed by atoms with Gasteiger partial charge in [0.05, 0.1) is 13.2 Å². The molecule has 0 saturated carbocycles. The van der Waals surface area contributed by atoms with Gasteiger partial charge in [-0.2, -0.15) is 0 Å². The SMILES string of the molecule is Cl.c1cc(CNCc2cnc(N3CCOCC3)nc2)c2c(c1)OCO2. The highest BCUT2D eigenvalue weighted by Crippen LogP contribution is 2.35. The topological polar surface area (TPSA) is 68.7 Å². The minimum absolute atomic E-state index is 0. The number of aromatic nitrogens is 2. The average Bonchev–Trinajstić information content (AvgIpc) is 3.13. The second kappa shape index (κ2) is 8.33. The summed E-state index contributed by atoms with van der Waals surface area (Å²) in [6.45, 7) is 4.87. The molecule has 0 spiro atoms. The molecule has 0 bridgehead atoms. The molecule has 7 nitrogen and oxygen atoms in total. The number of fused-ring (bicyclic) bond motifs is 1. The van der Waals surface area contributed by atoms with E-state index in [0.29, 0.717) is 19.9 Å². The van der Waals surface area contributed by atoms with Gasteiger partial charge in [0.25, 0.3) is 0 Å². The summed E-state index contributed by atoms with van der Waals surface area (Å²) in [5.74, 6) is 2.42. The van der Waals surface area contributed by atoms with Gasteiger partial charge in [-0.15, -0.1) is 12.4 Å². The monoisotopic (exact) mass is 364 g/mol. The van der Waals surface area contributed by atoms with Crippen LogP contribution in [0, 0.1) is 0 Å². The standard InChI is InChI=1S/C17H20N4O3.ClH/c1-2-14(16-15(3-1)23-12-24-16)11-18-8-13-9-19-17(20-10-13)21-4-6-22-7-5-21;/h1-3,9-10,18H,4-8,11-12H2;1H. The van der Waals surface area contributed by atoms with Crippen LogP contribution in [0.2, 0.25) is 0 Å². The zero-order valence-electron chi connectivity index (χ0n) is 13.8. The molecule has 0 atom stereocenters. The first kappa shape index (κ1) is 17.7. The molecule has 1 aromatic heterocycles. The third-order valence-electron chi connectivity index (χ3n) is 4.11. The van der Waals surface area contributed by atoms with Gasteiger partial charge in [0.2, 0.25) is 12.7 Å². The lowest BCUT2D eigenvalue weighted by molar-refractivity contribution is 0.122. The second-order valence-corrected chi connectivity index (χ2v) is 5.75. The molecule has 0 aliphatic carbocycles. The first-order chi connectivity index (χ1) is 11.9. The normalized spacial score (nSPS) is 15.8. The zero-order valence-corrected chi connectivity index (χ0v) is 14.6. The Balaban J connectivity index is 0.00000182. The summed E-state index contributed by atoms with van der Waals surface area (Å²) in [6.07, 6.45) is 3.75. The van der Waals surface area contributed by atoms with Crippen LogP contribution in [-0.4, -0.2) is 43.1 Å². The summed E-state index contributed by atoms with van der Waals surface area (Å²) >= 11 is 0. The lowest BCUT2D eigenvalue weighted by Gasteiger charge is -2.26. The van der Waals surface area contributed by atoms with Crippen molar-refractivity contribution in [3.8, 4) is 11.5 Å². The van der Waals surface area contributed by atoms with E-state index in [-0.39, 0.29) is 12.4 Å². The lowest BCUT2D eigenvalue weighted by atomic mass is 10.2. The highest BCUT2D eigenvalue weighted by atomic mass is 35.5. The molecular formula is C17H21ClN4O3. The van der Waals surface area contributed by atoms with E-state index in [0.717, 1.165) is 54.9 Å². The van der Waals surface area contributed by atoms with Crippen LogP contribution in [0.15, 0.2) is 30.6 Å². The Hall–Kier alpha value is -2.09. The predicted octanol–water partition coefficient (Wildman–Crippen LogP) is 1.75. The summed E-state index contributed by atoms with van der Waals surface area (Å²) in [7, 11) is 0. The van der Waals surface area contributed by atoms with E-state index in [4.69, 9.17) is 14.2 Å². The van der Waals surface area contributed by atoms with Crippen LogP contribution < -0.4 is 19.7 Å². The van der Waals surface area contributed by atoms with E-state index >= 15 is 0 Å². The third-order valence-corrected chi connectivity index (χ3v) is 4.11. The van der Waals surface area contributed by atoms with Gasteiger partial charge in [-0.1, -0.05) is 12.1 Å². The predicted molar refractivity (Wildman–Crippen MR) is 95.4 cm³/mol. The van der Waals surface area contributed by atoms with Crippen LogP contribution in [0.25, 0.3) is 0 Å². The van der Waals surface area contributed by atoms with E-state index < -0.39 is 0 Å². The Morgan fingerprint density at radius 2 is 1.84 bits per heavy atom.